The average molecular weight is 240 g/mol. The van der Waals surface area contributed by atoms with E-state index in [-0.39, 0.29) is 12.1 Å². The highest BCUT2D eigenvalue weighted by molar-refractivity contribution is 7.09. The van der Waals surface area contributed by atoms with Crippen molar-refractivity contribution in [2.24, 2.45) is 0 Å². The third-order valence-electron chi connectivity index (χ3n) is 3.37. The van der Waals surface area contributed by atoms with Crippen LogP contribution in [0.5, 0.6) is 0 Å². The number of rotatable bonds is 3. The third-order valence-corrected chi connectivity index (χ3v) is 4.48. The molecular weight excluding hydrogens is 220 g/mol. The minimum Gasteiger partial charge on any atom is -0.392 e. The highest BCUT2D eigenvalue weighted by Gasteiger charge is 2.25. The summed E-state index contributed by atoms with van der Waals surface area (Å²) in [5.41, 5.74) is 3.00. The number of hydrogen-bond acceptors (Lipinski definition) is 4. The molecule has 0 spiro atoms. The first-order valence-corrected chi connectivity index (χ1v) is 6.90. The molecule has 3 nitrogen and oxygen atoms in total. The lowest BCUT2D eigenvalue weighted by Gasteiger charge is -2.31. The van der Waals surface area contributed by atoms with Crippen molar-refractivity contribution in [3.8, 4) is 0 Å². The Balaban J connectivity index is 1.96. The molecule has 1 aliphatic rings. The Morgan fingerprint density at radius 3 is 2.88 bits per heavy atom. The molecule has 1 aliphatic carbocycles. The zero-order valence-electron chi connectivity index (χ0n) is 9.94. The molecule has 0 radical (unpaired) electrons. The molecule has 16 heavy (non-hydrogen) atoms. The Bertz CT molecular complexity index is 340. The minimum absolute atomic E-state index is 0.176. The molecule has 0 aliphatic heterocycles. The summed E-state index contributed by atoms with van der Waals surface area (Å²) < 4.78 is 0. The second-order valence-corrected chi connectivity index (χ2v) is 5.54. The van der Waals surface area contributed by atoms with Crippen LogP contribution in [-0.4, -0.2) is 22.2 Å². The molecule has 1 heterocycles. The highest BCUT2D eigenvalue weighted by Crippen LogP contribution is 2.25. The van der Waals surface area contributed by atoms with Gasteiger partial charge in [-0.3, -0.25) is 0 Å². The molecule has 3 unspecified atom stereocenters. The molecule has 3 atom stereocenters. The van der Waals surface area contributed by atoms with E-state index in [2.05, 4.69) is 17.2 Å². The van der Waals surface area contributed by atoms with E-state index >= 15 is 0 Å². The molecule has 1 fully saturated rings. The van der Waals surface area contributed by atoms with Crippen molar-refractivity contribution in [2.45, 2.75) is 57.7 Å². The summed E-state index contributed by atoms with van der Waals surface area (Å²) in [4.78, 5) is 5.56. The maximum atomic E-state index is 9.91. The van der Waals surface area contributed by atoms with Crippen LogP contribution >= 0.6 is 11.3 Å². The van der Waals surface area contributed by atoms with E-state index in [1.165, 1.54) is 11.3 Å². The van der Waals surface area contributed by atoms with Gasteiger partial charge < -0.3 is 10.4 Å². The van der Waals surface area contributed by atoms with Crippen molar-refractivity contribution in [2.75, 3.05) is 0 Å². The smallest absolute Gasteiger partial charge is 0.0798 e. The summed E-state index contributed by atoms with van der Waals surface area (Å²) in [6, 6.07) is 0.551. The number of thiazole rings is 1. The van der Waals surface area contributed by atoms with Crippen molar-refractivity contribution in [1.82, 2.24) is 10.3 Å². The lowest BCUT2D eigenvalue weighted by Crippen LogP contribution is -2.43. The van der Waals surface area contributed by atoms with E-state index in [1.807, 2.05) is 12.4 Å². The molecule has 0 bridgehead atoms. The molecular formula is C12H20N2OS. The molecule has 1 aromatic rings. The molecule has 1 aromatic heterocycles. The van der Waals surface area contributed by atoms with E-state index in [4.69, 9.17) is 0 Å². The quantitative estimate of drug-likeness (QED) is 0.853. The maximum absolute atomic E-state index is 9.91. The van der Waals surface area contributed by atoms with Gasteiger partial charge in [0.2, 0.25) is 0 Å². The number of aliphatic hydroxyl groups is 1. The Kier molecular flexibility index (Phi) is 3.95. The minimum atomic E-state index is -0.176. The van der Waals surface area contributed by atoms with Crippen LogP contribution in [0.3, 0.4) is 0 Å². The zero-order chi connectivity index (χ0) is 11.5. The first-order chi connectivity index (χ1) is 7.68. The third kappa shape index (κ3) is 2.62. The van der Waals surface area contributed by atoms with Crippen LogP contribution in [0.2, 0.25) is 0 Å². The summed E-state index contributed by atoms with van der Waals surface area (Å²) in [7, 11) is 0. The van der Waals surface area contributed by atoms with Gasteiger partial charge in [-0.1, -0.05) is 12.8 Å². The molecule has 0 aromatic carbocycles. The number of aliphatic hydroxyl groups excluding tert-OH is 1. The SMILES string of the molecule is Cc1ncsc1C(C)NC1CCCCC1O. The van der Waals surface area contributed by atoms with Gasteiger partial charge in [-0.05, 0) is 26.7 Å². The van der Waals surface area contributed by atoms with E-state index in [9.17, 15) is 5.11 Å². The van der Waals surface area contributed by atoms with Crippen LogP contribution in [0.25, 0.3) is 0 Å². The number of aromatic nitrogens is 1. The second-order valence-electron chi connectivity index (χ2n) is 4.65. The van der Waals surface area contributed by atoms with Crippen molar-refractivity contribution in [3.63, 3.8) is 0 Å². The lowest BCUT2D eigenvalue weighted by atomic mass is 9.92. The summed E-state index contributed by atoms with van der Waals surface area (Å²) in [5.74, 6) is 0. The van der Waals surface area contributed by atoms with Crippen LogP contribution in [0.15, 0.2) is 5.51 Å². The monoisotopic (exact) mass is 240 g/mol. The lowest BCUT2D eigenvalue weighted by molar-refractivity contribution is 0.0861. The fourth-order valence-electron chi connectivity index (χ4n) is 2.43. The van der Waals surface area contributed by atoms with Gasteiger partial charge in [0.15, 0.2) is 0 Å². The van der Waals surface area contributed by atoms with Crippen LogP contribution < -0.4 is 5.32 Å². The summed E-state index contributed by atoms with van der Waals surface area (Å²) in [6.45, 7) is 4.20. The van der Waals surface area contributed by atoms with Gasteiger partial charge in [0.1, 0.15) is 0 Å². The standard InChI is InChI=1S/C12H20N2OS/c1-8-12(16-7-13-8)9(2)14-10-5-3-4-6-11(10)15/h7,9-11,14-15H,3-6H2,1-2H3. The van der Waals surface area contributed by atoms with Gasteiger partial charge in [0.25, 0.3) is 0 Å². The van der Waals surface area contributed by atoms with E-state index in [0.29, 0.717) is 6.04 Å². The maximum Gasteiger partial charge on any atom is 0.0798 e. The molecule has 4 heteroatoms. The molecule has 0 amide bonds. The summed E-state index contributed by atoms with van der Waals surface area (Å²) in [6.07, 6.45) is 4.23. The number of hydrogen-bond donors (Lipinski definition) is 2. The van der Waals surface area contributed by atoms with E-state index in [0.717, 1.165) is 25.0 Å². The van der Waals surface area contributed by atoms with Gasteiger partial charge >= 0.3 is 0 Å². The average Bonchev–Trinajstić information content (AvgIpc) is 2.68. The predicted molar refractivity (Wildman–Crippen MR) is 66.7 cm³/mol. The van der Waals surface area contributed by atoms with Crippen LogP contribution in [0.1, 0.15) is 49.2 Å². The number of nitrogens with zero attached hydrogens (tertiary/aromatic N) is 1. The number of nitrogens with one attached hydrogen (secondary N) is 1. The van der Waals surface area contributed by atoms with Crippen molar-refractivity contribution in [1.29, 1.82) is 0 Å². The first kappa shape index (κ1) is 12.0. The summed E-state index contributed by atoms with van der Waals surface area (Å²) in [5, 5.41) is 13.4. The normalized spacial score (nSPS) is 27.9. The Morgan fingerprint density at radius 2 is 2.25 bits per heavy atom. The van der Waals surface area contributed by atoms with Gasteiger partial charge in [-0.15, -0.1) is 11.3 Å². The second kappa shape index (κ2) is 5.25. The van der Waals surface area contributed by atoms with Gasteiger partial charge in [-0.25, -0.2) is 4.98 Å². The highest BCUT2D eigenvalue weighted by atomic mass is 32.1. The molecule has 2 N–H and O–H groups in total. The Labute approximate surface area is 101 Å². The van der Waals surface area contributed by atoms with E-state index < -0.39 is 0 Å². The fraction of sp³-hybridized carbons (Fsp3) is 0.750. The van der Waals surface area contributed by atoms with Crippen molar-refractivity contribution >= 4 is 11.3 Å². The molecule has 90 valence electrons. The summed E-state index contributed by atoms with van der Waals surface area (Å²) >= 11 is 1.69. The predicted octanol–water partition coefficient (Wildman–Crippen LogP) is 2.41. The molecule has 2 rings (SSSR count). The number of aryl methyl sites for hydroxylation is 1. The van der Waals surface area contributed by atoms with E-state index in [1.54, 1.807) is 11.3 Å². The largest absolute Gasteiger partial charge is 0.392 e. The van der Waals surface area contributed by atoms with Gasteiger partial charge in [0, 0.05) is 17.0 Å². The molecule has 0 saturated heterocycles. The first-order valence-electron chi connectivity index (χ1n) is 6.02. The molecule has 1 saturated carbocycles. The Hall–Kier alpha value is -0.450. The van der Waals surface area contributed by atoms with Gasteiger partial charge in [-0.2, -0.15) is 0 Å². The van der Waals surface area contributed by atoms with Gasteiger partial charge in [0.05, 0.1) is 17.3 Å². The fourth-order valence-corrected chi connectivity index (χ4v) is 3.25. The van der Waals surface area contributed by atoms with Crippen LogP contribution in [-0.2, 0) is 0 Å². The van der Waals surface area contributed by atoms with Crippen molar-refractivity contribution < 1.29 is 5.11 Å². The Morgan fingerprint density at radius 1 is 1.50 bits per heavy atom. The topological polar surface area (TPSA) is 45.2 Å². The van der Waals surface area contributed by atoms with Crippen LogP contribution in [0.4, 0.5) is 0 Å². The zero-order valence-corrected chi connectivity index (χ0v) is 10.8. The van der Waals surface area contributed by atoms with Crippen LogP contribution in [0, 0.1) is 6.92 Å². The van der Waals surface area contributed by atoms with Crippen molar-refractivity contribution in [3.05, 3.63) is 16.1 Å².